The molecule has 1 aliphatic heterocycles. The van der Waals surface area contributed by atoms with Gasteiger partial charge in [0.1, 0.15) is 11.3 Å². The normalized spacial score (nSPS) is 15.9. The summed E-state index contributed by atoms with van der Waals surface area (Å²) in [7, 11) is 0. The maximum absolute atomic E-state index is 13.3. The molecule has 0 saturated heterocycles. The maximum Gasteiger partial charge on any atom is 0.290 e. The standard InChI is InChI=1S/C23H23NO4/c1-3-12-24-20(15-8-7-9-16(14-15)27-13-4-2)19-21(25)17-10-5-6-11-18(17)28-22(19)23(24)26/h5-11,14,20H,3-4,12-13H2,1-2H3/t20-/m1/s1. The van der Waals surface area contributed by atoms with Crippen molar-refractivity contribution in [3.8, 4) is 5.75 Å². The minimum absolute atomic E-state index is 0.145. The number of ether oxygens (including phenoxy) is 1. The quantitative estimate of drug-likeness (QED) is 0.633. The molecule has 1 amide bonds. The summed E-state index contributed by atoms with van der Waals surface area (Å²) in [6.45, 7) is 5.23. The Hall–Kier alpha value is -3.08. The Bertz CT molecular complexity index is 1090. The van der Waals surface area contributed by atoms with Crippen LogP contribution in [0.15, 0.2) is 57.7 Å². The third kappa shape index (κ3) is 2.97. The molecule has 1 aliphatic rings. The molecule has 28 heavy (non-hydrogen) atoms. The number of nitrogens with zero attached hydrogens (tertiary/aromatic N) is 1. The van der Waals surface area contributed by atoms with Crippen LogP contribution in [0.1, 0.15) is 54.4 Å². The molecule has 2 aromatic carbocycles. The number of carbonyl (C=O) groups is 1. The van der Waals surface area contributed by atoms with Crippen LogP contribution in [0.5, 0.6) is 5.75 Å². The van der Waals surface area contributed by atoms with Gasteiger partial charge in [-0.05, 0) is 42.7 Å². The van der Waals surface area contributed by atoms with Gasteiger partial charge in [0.2, 0.25) is 5.76 Å². The number of amides is 1. The maximum atomic E-state index is 13.3. The van der Waals surface area contributed by atoms with Gasteiger partial charge in [-0.1, -0.05) is 38.1 Å². The van der Waals surface area contributed by atoms with Crippen LogP contribution in [-0.2, 0) is 0 Å². The first-order chi connectivity index (χ1) is 13.7. The van der Waals surface area contributed by atoms with Crippen LogP contribution < -0.4 is 10.2 Å². The van der Waals surface area contributed by atoms with Crippen molar-refractivity contribution in [1.29, 1.82) is 0 Å². The molecule has 0 radical (unpaired) electrons. The minimum Gasteiger partial charge on any atom is -0.494 e. The van der Waals surface area contributed by atoms with Gasteiger partial charge in [0.25, 0.3) is 5.91 Å². The number of rotatable bonds is 6. The lowest BCUT2D eigenvalue weighted by atomic mass is 9.98. The van der Waals surface area contributed by atoms with Crippen LogP contribution >= 0.6 is 0 Å². The fraction of sp³-hybridized carbons (Fsp3) is 0.304. The van der Waals surface area contributed by atoms with E-state index in [-0.39, 0.29) is 17.1 Å². The summed E-state index contributed by atoms with van der Waals surface area (Å²) in [5.41, 5.74) is 1.58. The van der Waals surface area contributed by atoms with E-state index in [2.05, 4.69) is 6.92 Å². The lowest BCUT2D eigenvalue weighted by Gasteiger charge is -2.25. The molecule has 5 nitrogen and oxygen atoms in total. The minimum atomic E-state index is -0.464. The number of para-hydroxylation sites is 1. The fourth-order valence-electron chi connectivity index (χ4n) is 3.78. The van der Waals surface area contributed by atoms with Gasteiger partial charge in [0.05, 0.1) is 23.6 Å². The highest BCUT2D eigenvalue weighted by molar-refractivity contribution is 5.99. The van der Waals surface area contributed by atoms with Crippen molar-refractivity contribution in [2.24, 2.45) is 0 Å². The number of hydrogen-bond donors (Lipinski definition) is 0. The van der Waals surface area contributed by atoms with Gasteiger partial charge in [-0.3, -0.25) is 9.59 Å². The predicted octanol–water partition coefficient (Wildman–Crippen LogP) is 4.54. The van der Waals surface area contributed by atoms with Crippen LogP contribution in [0.4, 0.5) is 0 Å². The second-order valence-electron chi connectivity index (χ2n) is 6.99. The molecule has 0 N–H and O–H groups in total. The first-order valence-corrected chi connectivity index (χ1v) is 9.75. The van der Waals surface area contributed by atoms with Gasteiger partial charge in [-0.25, -0.2) is 0 Å². The third-order valence-electron chi connectivity index (χ3n) is 4.98. The van der Waals surface area contributed by atoms with E-state index in [1.54, 1.807) is 29.2 Å². The molecular formula is C23H23NO4. The summed E-state index contributed by atoms with van der Waals surface area (Å²) in [4.78, 5) is 28.1. The molecule has 3 aromatic rings. The largest absolute Gasteiger partial charge is 0.494 e. The van der Waals surface area contributed by atoms with Crippen LogP contribution in [0.3, 0.4) is 0 Å². The number of benzene rings is 2. The van der Waals surface area contributed by atoms with E-state index in [0.717, 1.165) is 24.2 Å². The number of hydrogen-bond acceptors (Lipinski definition) is 4. The fourth-order valence-corrected chi connectivity index (χ4v) is 3.78. The summed E-state index contributed by atoms with van der Waals surface area (Å²) < 4.78 is 11.7. The van der Waals surface area contributed by atoms with Crippen molar-refractivity contribution >= 4 is 16.9 Å². The molecule has 0 fully saturated rings. The molecule has 1 atom stereocenters. The zero-order valence-electron chi connectivity index (χ0n) is 16.1. The molecule has 2 heterocycles. The number of carbonyl (C=O) groups excluding carboxylic acids is 1. The van der Waals surface area contributed by atoms with Gasteiger partial charge >= 0.3 is 0 Å². The zero-order valence-corrected chi connectivity index (χ0v) is 16.1. The smallest absolute Gasteiger partial charge is 0.290 e. The first-order valence-electron chi connectivity index (χ1n) is 9.75. The molecular weight excluding hydrogens is 354 g/mol. The molecule has 0 aliphatic carbocycles. The van der Waals surface area contributed by atoms with E-state index < -0.39 is 6.04 Å². The molecule has 1 aromatic heterocycles. The summed E-state index contributed by atoms with van der Waals surface area (Å²) in [6, 6.07) is 14.2. The van der Waals surface area contributed by atoms with Crippen molar-refractivity contribution in [2.75, 3.05) is 13.2 Å². The third-order valence-corrected chi connectivity index (χ3v) is 4.98. The van der Waals surface area contributed by atoms with Crippen LogP contribution in [-0.4, -0.2) is 24.0 Å². The predicted molar refractivity (Wildman–Crippen MR) is 108 cm³/mol. The molecule has 0 spiro atoms. The van der Waals surface area contributed by atoms with E-state index in [4.69, 9.17) is 9.15 Å². The molecule has 0 saturated carbocycles. The summed E-state index contributed by atoms with van der Waals surface area (Å²) >= 11 is 0. The Kier molecular flexibility index (Phi) is 4.90. The van der Waals surface area contributed by atoms with E-state index in [9.17, 15) is 9.59 Å². The van der Waals surface area contributed by atoms with Crippen molar-refractivity contribution < 1.29 is 13.9 Å². The number of fused-ring (bicyclic) bond motifs is 2. The summed E-state index contributed by atoms with van der Waals surface area (Å²) in [5, 5.41) is 0.496. The van der Waals surface area contributed by atoms with Gasteiger partial charge in [0.15, 0.2) is 5.43 Å². The molecule has 0 bridgehead atoms. The van der Waals surface area contributed by atoms with E-state index in [1.807, 2.05) is 31.2 Å². The van der Waals surface area contributed by atoms with Crippen molar-refractivity contribution in [1.82, 2.24) is 4.90 Å². The van der Waals surface area contributed by atoms with Crippen LogP contribution in [0, 0.1) is 0 Å². The van der Waals surface area contributed by atoms with Gasteiger partial charge in [-0.15, -0.1) is 0 Å². The van der Waals surface area contributed by atoms with Crippen LogP contribution in [0.2, 0.25) is 0 Å². The Morgan fingerprint density at radius 2 is 1.86 bits per heavy atom. The lowest BCUT2D eigenvalue weighted by Crippen LogP contribution is -2.30. The zero-order chi connectivity index (χ0) is 19.7. The monoisotopic (exact) mass is 377 g/mol. The Labute approximate surface area is 163 Å². The summed E-state index contributed by atoms with van der Waals surface area (Å²) in [5.74, 6) is 0.661. The SMILES string of the molecule is CCCOc1cccc([C@@H]2c3c(oc4ccccc4c3=O)C(=O)N2CCC)c1. The Morgan fingerprint density at radius 1 is 1.04 bits per heavy atom. The first kappa shape index (κ1) is 18.3. The second kappa shape index (κ2) is 7.50. The Balaban J connectivity index is 1.90. The van der Waals surface area contributed by atoms with Crippen molar-refractivity contribution in [3.05, 3.63) is 75.6 Å². The van der Waals surface area contributed by atoms with Crippen LogP contribution in [0.25, 0.3) is 11.0 Å². The van der Waals surface area contributed by atoms with Gasteiger partial charge < -0.3 is 14.1 Å². The van der Waals surface area contributed by atoms with E-state index in [0.29, 0.717) is 29.7 Å². The summed E-state index contributed by atoms with van der Waals surface area (Å²) in [6.07, 6.45) is 1.70. The highest BCUT2D eigenvalue weighted by Gasteiger charge is 2.42. The second-order valence-corrected chi connectivity index (χ2v) is 6.99. The molecule has 4 rings (SSSR count). The highest BCUT2D eigenvalue weighted by Crippen LogP contribution is 2.39. The van der Waals surface area contributed by atoms with E-state index >= 15 is 0 Å². The molecule has 144 valence electrons. The molecule has 0 unspecified atom stereocenters. The molecule has 5 heteroatoms. The average Bonchev–Trinajstić information content (AvgIpc) is 2.99. The van der Waals surface area contributed by atoms with E-state index in [1.165, 1.54) is 0 Å². The average molecular weight is 377 g/mol. The Morgan fingerprint density at radius 3 is 2.64 bits per heavy atom. The highest BCUT2D eigenvalue weighted by atomic mass is 16.5. The van der Waals surface area contributed by atoms with Gasteiger partial charge in [-0.2, -0.15) is 0 Å². The van der Waals surface area contributed by atoms with Gasteiger partial charge in [0, 0.05) is 6.54 Å². The van der Waals surface area contributed by atoms with Crippen molar-refractivity contribution in [2.45, 2.75) is 32.7 Å². The topological polar surface area (TPSA) is 59.8 Å². The lowest BCUT2D eigenvalue weighted by molar-refractivity contribution is 0.0728. The van der Waals surface area contributed by atoms with Crippen molar-refractivity contribution in [3.63, 3.8) is 0 Å².